The van der Waals surface area contributed by atoms with E-state index in [0.717, 1.165) is 11.0 Å². The highest BCUT2D eigenvalue weighted by molar-refractivity contribution is 5.75. The predicted molar refractivity (Wildman–Crippen MR) is 59.9 cm³/mol. The number of carbonyl (C=O) groups excluding carboxylic acids is 1. The van der Waals surface area contributed by atoms with Gasteiger partial charge >= 0.3 is 6.09 Å². The third-order valence-electron chi connectivity index (χ3n) is 2.20. The number of amides is 1. The van der Waals surface area contributed by atoms with Crippen LogP contribution in [0.4, 0.5) is 4.79 Å². The molecule has 1 heterocycles. The Kier molecular flexibility index (Phi) is 3.05. The highest BCUT2D eigenvalue weighted by Gasteiger charge is 2.03. The van der Waals surface area contributed by atoms with Crippen molar-refractivity contribution in [1.29, 1.82) is 0 Å². The summed E-state index contributed by atoms with van der Waals surface area (Å²) in [5, 5.41) is 2.64. The fraction of sp³-hybridized carbons (Fsp3) is 0.273. The molecule has 0 atom stereocenters. The summed E-state index contributed by atoms with van der Waals surface area (Å²) < 4.78 is 6.62. The topological polar surface area (TPSA) is 56.1 Å². The van der Waals surface area contributed by atoms with Crippen molar-refractivity contribution in [3.05, 3.63) is 30.6 Å². The van der Waals surface area contributed by atoms with Gasteiger partial charge in [-0.15, -0.1) is 0 Å². The molecule has 0 fully saturated rings. The van der Waals surface area contributed by atoms with E-state index in [9.17, 15) is 4.79 Å². The summed E-state index contributed by atoms with van der Waals surface area (Å²) in [4.78, 5) is 15.3. The average molecular weight is 219 g/mol. The SMILES string of the molecule is CCOC(=O)NCn1cnc2ccccc21. The first-order valence-electron chi connectivity index (χ1n) is 5.11. The number of ether oxygens (including phenoxy) is 1. The van der Waals surface area contributed by atoms with Gasteiger partial charge in [-0.3, -0.25) is 0 Å². The molecule has 0 aliphatic carbocycles. The number of benzene rings is 1. The Labute approximate surface area is 93.0 Å². The number of alkyl carbamates (subject to hydrolysis) is 1. The van der Waals surface area contributed by atoms with E-state index < -0.39 is 6.09 Å². The number of hydrogen-bond donors (Lipinski definition) is 1. The third-order valence-corrected chi connectivity index (χ3v) is 2.20. The van der Waals surface area contributed by atoms with Gasteiger partial charge in [0.05, 0.1) is 30.6 Å². The molecule has 2 rings (SSSR count). The van der Waals surface area contributed by atoms with E-state index in [2.05, 4.69) is 10.3 Å². The van der Waals surface area contributed by atoms with Gasteiger partial charge in [0, 0.05) is 0 Å². The van der Waals surface area contributed by atoms with E-state index in [4.69, 9.17) is 4.74 Å². The first-order valence-corrected chi connectivity index (χ1v) is 5.11. The van der Waals surface area contributed by atoms with Crippen molar-refractivity contribution in [3.63, 3.8) is 0 Å². The molecule has 1 aromatic heterocycles. The molecule has 0 radical (unpaired) electrons. The molecule has 1 N–H and O–H groups in total. The lowest BCUT2D eigenvalue weighted by Crippen LogP contribution is -2.26. The molecule has 1 amide bonds. The van der Waals surface area contributed by atoms with Crippen molar-refractivity contribution in [1.82, 2.24) is 14.9 Å². The summed E-state index contributed by atoms with van der Waals surface area (Å²) in [5.74, 6) is 0. The molecule has 0 bridgehead atoms. The van der Waals surface area contributed by atoms with Gasteiger partial charge in [0.25, 0.3) is 0 Å². The highest BCUT2D eigenvalue weighted by atomic mass is 16.5. The van der Waals surface area contributed by atoms with E-state index in [1.807, 2.05) is 28.8 Å². The van der Waals surface area contributed by atoms with Crippen molar-refractivity contribution >= 4 is 17.1 Å². The van der Waals surface area contributed by atoms with Gasteiger partial charge in [-0.1, -0.05) is 12.1 Å². The van der Waals surface area contributed by atoms with Crippen LogP contribution < -0.4 is 5.32 Å². The molecule has 16 heavy (non-hydrogen) atoms. The van der Waals surface area contributed by atoms with Gasteiger partial charge in [0.2, 0.25) is 0 Å². The summed E-state index contributed by atoms with van der Waals surface area (Å²) >= 11 is 0. The molecule has 0 saturated heterocycles. The molecular formula is C11H13N3O2. The Hall–Kier alpha value is -2.04. The van der Waals surface area contributed by atoms with Crippen molar-refractivity contribution in [2.45, 2.75) is 13.6 Å². The smallest absolute Gasteiger partial charge is 0.408 e. The minimum absolute atomic E-state index is 0.360. The number of fused-ring (bicyclic) bond motifs is 1. The molecule has 84 valence electrons. The zero-order valence-corrected chi connectivity index (χ0v) is 9.01. The standard InChI is InChI=1S/C11H13N3O2/c1-2-16-11(15)13-8-14-7-12-9-5-3-4-6-10(9)14/h3-7H,2,8H2,1H3,(H,13,15). The van der Waals surface area contributed by atoms with Gasteiger partial charge in [0.15, 0.2) is 0 Å². The largest absolute Gasteiger partial charge is 0.450 e. The average Bonchev–Trinajstić information content (AvgIpc) is 2.70. The number of hydrogen-bond acceptors (Lipinski definition) is 3. The van der Waals surface area contributed by atoms with Crippen molar-refractivity contribution in [2.24, 2.45) is 0 Å². The molecule has 2 aromatic rings. The van der Waals surface area contributed by atoms with E-state index in [0.29, 0.717) is 13.3 Å². The van der Waals surface area contributed by atoms with E-state index in [1.165, 1.54) is 0 Å². The van der Waals surface area contributed by atoms with E-state index >= 15 is 0 Å². The Morgan fingerprint density at radius 3 is 3.12 bits per heavy atom. The maximum atomic E-state index is 11.1. The van der Waals surface area contributed by atoms with E-state index in [1.54, 1.807) is 13.3 Å². The van der Waals surface area contributed by atoms with Gasteiger partial charge in [-0.05, 0) is 19.1 Å². The lowest BCUT2D eigenvalue weighted by atomic mass is 10.3. The van der Waals surface area contributed by atoms with Crippen LogP contribution in [0.1, 0.15) is 6.92 Å². The van der Waals surface area contributed by atoms with Crippen LogP contribution in [-0.4, -0.2) is 22.3 Å². The maximum absolute atomic E-state index is 11.1. The zero-order chi connectivity index (χ0) is 11.4. The zero-order valence-electron chi connectivity index (χ0n) is 9.01. The monoisotopic (exact) mass is 219 g/mol. The molecule has 0 aliphatic heterocycles. The van der Waals surface area contributed by atoms with Crippen molar-refractivity contribution in [3.8, 4) is 0 Å². The van der Waals surface area contributed by atoms with Gasteiger partial charge in [0.1, 0.15) is 0 Å². The quantitative estimate of drug-likeness (QED) is 0.855. The fourth-order valence-corrected chi connectivity index (χ4v) is 1.47. The van der Waals surface area contributed by atoms with Crippen LogP contribution in [0, 0.1) is 0 Å². The second-order valence-electron chi connectivity index (χ2n) is 3.26. The summed E-state index contributed by atoms with van der Waals surface area (Å²) in [6.45, 7) is 2.50. The predicted octanol–water partition coefficient (Wildman–Crippen LogP) is 1.74. The fourth-order valence-electron chi connectivity index (χ4n) is 1.47. The highest BCUT2D eigenvalue weighted by Crippen LogP contribution is 2.10. The Bertz CT molecular complexity index is 493. The minimum Gasteiger partial charge on any atom is -0.450 e. The second kappa shape index (κ2) is 4.65. The van der Waals surface area contributed by atoms with Crippen LogP contribution in [-0.2, 0) is 11.4 Å². The maximum Gasteiger partial charge on any atom is 0.408 e. The molecule has 5 heteroatoms. The molecule has 0 spiro atoms. The molecular weight excluding hydrogens is 206 g/mol. The van der Waals surface area contributed by atoms with Crippen LogP contribution in [0.2, 0.25) is 0 Å². The Balaban J connectivity index is 2.07. The number of imidazole rings is 1. The van der Waals surface area contributed by atoms with Gasteiger partial charge in [-0.25, -0.2) is 9.78 Å². The minimum atomic E-state index is -0.416. The number of para-hydroxylation sites is 2. The van der Waals surface area contributed by atoms with Gasteiger partial charge in [-0.2, -0.15) is 0 Å². The number of nitrogens with one attached hydrogen (secondary N) is 1. The summed E-state index contributed by atoms with van der Waals surface area (Å²) in [5.41, 5.74) is 1.90. The van der Waals surface area contributed by atoms with Crippen LogP contribution in [0.3, 0.4) is 0 Å². The molecule has 0 saturated carbocycles. The normalized spacial score (nSPS) is 10.3. The number of nitrogens with zero attached hydrogens (tertiary/aromatic N) is 2. The number of carbonyl (C=O) groups is 1. The van der Waals surface area contributed by atoms with Crippen LogP contribution in [0.5, 0.6) is 0 Å². The van der Waals surface area contributed by atoms with Crippen LogP contribution in [0.15, 0.2) is 30.6 Å². The summed E-state index contributed by atoms with van der Waals surface area (Å²) in [7, 11) is 0. The summed E-state index contributed by atoms with van der Waals surface area (Å²) in [6.07, 6.45) is 1.27. The summed E-state index contributed by atoms with van der Waals surface area (Å²) in [6, 6.07) is 7.74. The molecule has 0 unspecified atom stereocenters. The van der Waals surface area contributed by atoms with Crippen molar-refractivity contribution < 1.29 is 9.53 Å². The van der Waals surface area contributed by atoms with Gasteiger partial charge < -0.3 is 14.6 Å². The van der Waals surface area contributed by atoms with Crippen LogP contribution in [0.25, 0.3) is 11.0 Å². The lowest BCUT2D eigenvalue weighted by Gasteiger charge is -2.06. The Morgan fingerprint density at radius 2 is 2.31 bits per heavy atom. The lowest BCUT2D eigenvalue weighted by molar-refractivity contribution is 0.149. The second-order valence-corrected chi connectivity index (χ2v) is 3.26. The third kappa shape index (κ3) is 2.13. The van der Waals surface area contributed by atoms with E-state index in [-0.39, 0.29) is 0 Å². The first kappa shape index (κ1) is 10.5. The molecule has 0 aliphatic rings. The number of rotatable bonds is 3. The van der Waals surface area contributed by atoms with Crippen molar-refractivity contribution in [2.75, 3.05) is 6.61 Å². The van der Waals surface area contributed by atoms with Crippen LogP contribution >= 0.6 is 0 Å². The molecule has 5 nitrogen and oxygen atoms in total. The Morgan fingerprint density at radius 1 is 1.50 bits per heavy atom. The number of aromatic nitrogens is 2. The molecule has 1 aromatic carbocycles. The first-order chi connectivity index (χ1) is 7.81.